The van der Waals surface area contributed by atoms with Gasteiger partial charge in [0.1, 0.15) is 11.5 Å². The number of hydrogen-bond donors (Lipinski definition) is 0. The maximum atomic E-state index is 14.8. The van der Waals surface area contributed by atoms with E-state index in [1.54, 1.807) is 95.9 Å². The molecule has 1 saturated heterocycles. The smallest absolute Gasteiger partial charge is 0.308 e. The Morgan fingerprint density at radius 3 is 2.18 bits per heavy atom. The lowest BCUT2D eigenvalue weighted by Crippen LogP contribution is -2.48. The summed E-state index contributed by atoms with van der Waals surface area (Å²) >= 11 is 0. The molecule has 3 aliphatic rings. The van der Waals surface area contributed by atoms with Gasteiger partial charge in [-0.1, -0.05) is 91.0 Å². The van der Waals surface area contributed by atoms with Crippen molar-refractivity contribution in [1.82, 2.24) is 0 Å². The first kappa shape index (κ1) is 27.2. The van der Waals surface area contributed by atoms with Crippen LogP contribution in [-0.2, 0) is 4.79 Å². The minimum Gasteiger partial charge on any atom is -0.424 e. The zero-order valence-electron chi connectivity index (χ0n) is 23.4. The van der Waals surface area contributed by atoms with E-state index >= 15 is 0 Å². The molecule has 7 rings (SSSR count). The first-order chi connectivity index (χ1) is 21.2. The van der Waals surface area contributed by atoms with Gasteiger partial charge in [-0.15, -0.1) is 0 Å². The second kappa shape index (κ2) is 9.95. The molecule has 0 bridgehead atoms. The average Bonchev–Trinajstić information content (AvgIpc) is 3.47. The molecule has 0 amide bonds. The van der Waals surface area contributed by atoms with Gasteiger partial charge in [0.2, 0.25) is 0 Å². The van der Waals surface area contributed by atoms with Crippen LogP contribution in [0.15, 0.2) is 103 Å². The topological polar surface area (TPSA) is 124 Å². The van der Waals surface area contributed by atoms with Gasteiger partial charge < -0.3 is 9.64 Å². The summed E-state index contributed by atoms with van der Waals surface area (Å²) in [5.74, 6) is -2.88. The maximum absolute atomic E-state index is 14.8. The molecule has 3 atom stereocenters. The first-order valence-electron chi connectivity index (χ1n) is 14.1. The molecule has 1 fully saturated rings. The largest absolute Gasteiger partial charge is 0.424 e. The van der Waals surface area contributed by atoms with E-state index in [1.807, 2.05) is 0 Å². The maximum Gasteiger partial charge on any atom is 0.308 e. The fourth-order valence-corrected chi connectivity index (χ4v) is 7.20. The van der Waals surface area contributed by atoms with E-state index in [-0.39, 0.29) is 28.3 Å². The van der Waals surface area contributed by atoms with Crippen molar-refractivity contribution in [3.05, 3.63) is 141 Å². The van der Waals surface area contributed by atoms with Gasteiger partial charge in [-0.2, -0.15) is 0 Å². The highest BCUT2D eigenvalue weighted by Gasteiger charge is 2.71. The zero-order chi connectivity index (χ0) is 30.7. The fourth-order valence-electron chi connectivity index (χ4n) is 7.20. The number of carbonyl (C=O) groups is 4. The molecule has 0 radical (unpaired) electrons. The molecule has 0 N–H and O–H groups in total. The van der Waals surface area contributed by atoms with Crippen LogP contribution >= 0.6 is 0 Å². The van der Waals surface area contributed by atoms with E-state index in [4.69, 9.17) is 4.74 Å². The van der Waals surface area contributed by atoms with Gasteiger partial charge in [0.05, 0.1) is 16.7 Å². The third-order valence-electron chi connectivity index (χ3n) is 8.81. The Hall–Kier alpha value is -5.70. The van der Waals surface area contributed by atoms with Crippen molar-refractivity contribution in [3.8, 4) is 5.75 Å². The minimum absolute atomic E-state index is 0.167. The normalized spacial score (nSPS) is 20.7. The Morgan fingerprint density at radius 1 is 0.864 bits per heavy atom. The summed E-state index contributed by atoms with van der Waals surface area (Å²) in [5, 5.41) is 11.9. The molecule has 2 aliphatic heterocycles. The number of ether oxygens (including phenoxy) is 1. The van der Waals surface area contributed by atoms with Crippen LogP contribution in [0.3, 0.4) is 0 Å². The highest BCUT2D eigenvalue weighted by molar-refractivity contribution is 6.32. The highest BCUT2D eigenvalue weighted by Crippen LogP contribution is 2.62. The summed E-state index contributed by atoms with van der Waals surface area (Å²) in [7, 11) is 0. The summed E-state index contributed by atoms with van der Waals surface area (Å²) < 4.78 is 5.63. The van der Waals surface area contributed by atoms with E-state index in [0.717, 1.165) is 0 Å². The summed E-state index contributed by atoms with van der Waals surface area (Å²) in [6.07, 6.45) is 3.50. The molecule has 9 heteroatoms. The first-order valence-corrected chi connectivity index (χ1v) is 14.1. The van der Waals surface area contributed by atoms with E-state index in [1.165, 1.54) is 25.1 Å². The summed E-state index contributed by atoms with van der Waals surface area (Å²) in [5.41, 5.74) is 0.00890. The number of Topliss-reactive ketones (excluding diaryl/α,β-unsaturated/α-hetero) is 3. The van der Waals surface area contributed by atoms with Crippen molar-refractivity contribution >= 4 is 40.8 Å². The van der Waals surface area contributed by atoms with Gasteiger partial charge in [0.25, 0.3) is 5.69 Å². The van der Waals surface area contributed by atoms with Crippen LogP contribution in [0.1, 0.15) is 55.0 Å². The quantitative estimate of drug-likeness (QED) is 0.0716. The van der Waals surface area contributed by atoms with Crippen molar-refractivity contribution in [2.24, 2.45) is 5.41 Å². The number of hydrogen-bond acceptors (Lipinski definition) is 8. The van der Waals surface area contributed by atoms with E-state index in [0.29, 0.717) is 22.4 Å². The van der Waals surface area contributed by atoms with Crippen molar-refractivity contribution in [2.45, 2.75) is 24.9 Å². The number of anilines is 1. The minimum atomic E-state index is -1.86. The van der Waals surface area contributed by atoms with Crippen molar-refractivity contribution in [1.29, 1.82) is 0 Å². The second-order valence-corrected chi connectivity index (χ2v) is 11.1. The molecular formula is C35H24N2O7. The van der Waals surface area contributed by atoms with Crippen LogP contribution in [0.2, 0.25) is 0 Å². The van der Waals surface area contributed by atoms with Gasteiger partial charge in [-0.3, -0.25) is 29.3 Å². The molecule has 216 valence electrons. The van der Waals surface area contributed by atoms with Crippen LogP contribution in [0.25, 0.3) is 6.08 Å². The third kappa shape index (κ3) is 3.72. The van der Waals surface area contributed by atoms with Crippen LogP contribution < -0.4 is 9.64 Å². The molecule has 1 unspecified atom stereocenters. The molecular weight excluding hydrogens is 560 g/mol. The number of fused-ring (bicyclic) bond motifs is 5. The Balaban J connectivity index is 1.58. The molecule has 4 aromatic rings. The predicted octanol–water partition coefficient (Wildman–Crippen LogP) is 5.84. The molecule has 1 spiro atoms. The molecule has 1 aliphatic carbocycles. The van der Waals surface area contributed by atoms with Gasteiger partial charge in [-0.05, 0) is 11.6 Å². The van der Waals surface area contributed by atoms with E-state index in [9.17, 15) is 29.3 Å². The van der Waals surface area contributed by atoms with Crippen LogP contribution in [-0.4, -0.2) is 40.3 Å². The third-order valence-corrected chi connectivity index (χ3v) is 8.81. The number of nitro groups is 1. The number of nitro benzene ring substituents is 1. The number of ketones is 3. The van der Waals surface area contributed by atoms with E-state index < -0.39 is 45.9 Å². The summed E-state index contributed by atoms with van der Waals surface area (Å²) in [4.78, 5) is 69.6. The number of benzene rings is 4. The van der Waals surface area contributed by atoms with Gasteiger partial charge in [-0.25, -0.2) is 0 Å². The fraction of sp³-hybridized carbons (Fsp3) is 0.143. The lowest BCUT2D eigenvalue weighted by atomic mass is 9.64. The number of para-hydroxylation sites is 1. The molecule has 44 heavy (non-hydrogen) atoms. The number of esters is 1. The number of carbonyl (C=O) groups excluding carboxylic acids is 4. The number of non-ortho nitro benzene ring substituents is 1. The van der Waals surface area contributed by atoms with Crippen molar-refractivity contribution in [2.75, 3.05) is 4.90 Å². The second-order valence-electron chi connectivity index (χ2n) is 11.1. The molecule has 2 heterocycles. The van der Waals surface area contributed by atoms with Crippen LogP contribution in [0, 0.1) is 15.5 Å². The Kier molecular flexibility index (Phi) is 6.14. The summed E-state index contributed by atoms with van der Waals surface area (Å²) in [6, 6.07) is 23.7. The molecule has 0 aromatic heterocycles. The van der Waals surface area contributed by atoms with Gasteiger partial charge in [0, 0.05) is 47.2 Å². The highest BCUT2D eigenvalue weighted by atomic mass is 16.6. The number of rotatable bonds is 5. The van der Waals surface area contributed by atoms with Crippen molar-refractivity contribution in [3.63, 3.8) is 0 Å². The van der Waals surface area contributed by atoms with Crippen LogP contribution in [0.4, 0.5) is 11.4 Å². The SMILES string of the molecule is CC(=O)Oc1cccc2c1N1C(C=C2)C2(C(=O)c3ccccc3C2=O)[C@@H](c2cccc([N+](=O)[O-])c2)[C@@H]1C(=O)c1ccccc1. The Labute approximate surface area is 251 Å². The summed E-state index contributed by atoms with van der Waals surface area (Å²) in [6.45, 7) is 1.26. The van der Waals surface area contributed by atoms with E-state index in [2.05, 4.69) is 0 Å². The lowest BCUT2D eigenvalue weighted by molar-refractivity contribution is -0.384. The average molecular weight is 585 g/mol. The number of nitrogens with zero attached hydrogens (tertiary/aromatic N) is 2. The van der Waals surface area contributed by atoms with Gasteiger partial charge in [0.15, 0.2) is 23.1 Å². The Bertz CT molecular complexity index is 1910. The predicted molar refractivity (Wildman–Crippen MR) is 161 cm³/mol. The monoisotopic (exact) mass is 584 g/mol. The lowest BCUT2D eigenvalue weighted by Gasteiger charge is -2.37. The van der Waals surface area contributed by atoms with Crippen molar-refractivity contribution < 1.29 is 28.8 Å². The molecule has 9 nitrogen and oxygen atoms in total. The van der Waals surface area contributed by atoms with Gasteiger partial charge >= 0.3 is 5.97 Å². The molecule has 4 aromatic carbocycles. The Morgan fingerprint density at radius 2 is 1.52 bits per heavy atom. The zero-order valence-corrected chi connectivity index (χ0v) is 23.4. The standard InChI is InChI=1S/C35H24N2O7/c1-20(38)44-27-16-8-11-21-17-18-28-35(33(40)25-14-5-6-15-26(25)34(35)41)29(23-12-7-13-24(19-23)37(42)43)31(36(28)30(21)27)32(39)22-9-3-2-4-10-22/h2-19,28-29,31H,1H3/t28?,29-,31+/m0/s1. The van der Waals surface area contributed by atoms with Crippen LogP contribution in [0.5, 0.6) is 5.75 Å². The molecule has 0 saturated carbocycles.